The second-order valence-corrected chi connectivity index (χ2v) is 4.63. The molecular formula is C9H12O2S. The lowest BCUT2D eigenvalue weighted by molar-refractivity contribution is 0.442. The lowest BCUT2D eigenvalue weighted by Crippen LogP contribution is -2.01. The number of benzene rings is 1. The number of rotatable bonds is 2. The van der Waals surface area contributed by atoms with Gasteiger partial charge in [0.25, 0.3) is 0 Å². The van der Waals surface area contributed by atoms with Crippen LogP contribution in [0.4, 0.5) is 0 Å². The minimum atomic E-state index is -2.51. The van der Waals surface area contributed by atoms with E-state index in [2.05, 4.69) is 5.87 Å². The van der Waals surface area contributed by atoms with Gasteiger partial charge in [-0.05, 0) is 24.9 Å². The van der Waals surface area contributed by atoms with Crippen LogP contribution in [-0.4, -0.2) is 17.2 Å². The summed E-state index contributed by atoms with van der Waals surface area (Å²) in [5, 5.41) is 0. The summed E-state index contributed by atoms with van der Waals surface area (Å²) >= 11 is 0. The fourth-order valence-electron chi connectivity index (χ4n) is 0.842. The zero-order valence-corrected chi connectivity index (χ0v) is 8.06. The highest BCUT2D eigenvalue weighted by Crippen LogP contribution is 2.11. The van der Waals surface area contributed by atoms with Crippen molar-refractivity contribution in [3.05, 3.63) is 29.8 Å². The molecule has 0 N–H and O–H groups in total. The average Bonchev–Trinajstić information content (AvgIpc) is 2.05. The first kappa shape index (κ1) is 9.29. The molecular weight excluding hydrogens is 172 g/mol. The fraction of sp³-hybridized carbons (Fsp3) is 0.222. The van der Waals surface area contributed by atoms with Gasteiger partial charge < -0.3 is 0 Å². The fourth-order valence-corrected chi connectivity index (χ4v) is 1.59. The van der Waals surface area contributed by atoms with Crippen molar-refractivity contribution in [2.75, 3.05) is 7.11 Å². The first-order chi connectivity index (χ1) is 5.56. The Morgan fingerprint density at radius 3 is 2.25 bits per heavy atom. The van der Waals surface area contributed by atoms with Crippen molar-refractivity contribution in [3.63, 3.8) is 0 Å². The van der Waals surface area contributed by atoms with Gasteiger partial charge in [0.05, 0.1) is 12.0 Å². The van der Waals surface area contributed by atoms with E-state index in [1.54, 1.807) is 12.1 Å². The molecule has 0 aliphatic heterocycles. The summed E-state index contributed by atoms with van der Waals surface area (Å²) < 4.78 is 16.3. The molecule has 0 aliphatic rings. The average molecular weight is 184 g/mol. The third-order valence-corrected chi connectivity index (χ3v) is 3.18. The van der Waals surface area contributed by atoms with E-state index in [1.165, 1.54) is 7.11 Å². The van der Waals surface area contributed by atoms with Crippen LogP contribution in [-0.2, 0) is 14.0 Å². The molecule has 0 fully saturated rings. The quantitative estimate of drug-likeness (QED) is 0.653. The maximum Gasteiger partial charge on any atom is 0.106 e. The van der Waals surface area contributed by atoms with Crippen LogP contribution in [0.15, 0.2) is 29.2 Å². The van der Waals surface area contributed by atoms with Gasteiger partial charge in [0.1, 0.15) is 9.80 Å². The smallest absolute Gasteiger partial charge is 0.106 e. The van der Waals surface area contributed by atoms with E-state index in [4.69, 9.17) is 4.18 Å². The van der Waals surface area contributed by atoms with E-state index >= 15 is 0 Å². The molecule has 3 heteroatoms. The van der Waals surface area contributed by atoms with Gasteiger partial charge in [-0.1, -0.05) is 17.7 Å². The minimum Gasteiger partial charge on any atom is -0.298 e. The Morgan fingerprint density at radius 1 is 1.33 bits per heavy atom. The van der Waals surface area contributed by atoms with Gasteiger partial charge in [-0.2, -0.15) is 0 Å². The SMILES string of the molecule is C=S(=O)(OC)c1ccc(C)cc1. The van der Waals surface area contributed by atoms with E-state index in [0.29, 0.717) is 4.90 Å². The van der Waals surface area contributed by atoms with Crippen LogP contribution in [0, 0.1) is 6.92 Å². The highest BCUT2D eigenvalue weighted by molar-refractivity contribution is 7.96. The molecule has 0 bridgehead atoms. The second-order valence-electron chi connectivity index (χ2n) is 2.59. The van der Waals surface area contributed by atoms with Crippen LogP contribution in [0.3, 0.4) is 0 Å². The molecule has 0 amide bonds. The maximum atomic E-state index is 11.5. The van der Waals surface area contributed by atoms with Crippen LogP contribution < -0.4 is 0 Å². The van der Waals surface area contributed by atoms with Crippen LogP contribution in [0.25, 0.3) is 0 Å². The highest BCUT2D eigenvalue weighted by atomic mass is 32.2. The first-order valence-electron chi connectivity index (χ1n) is 3.56. The van der Waals surface area contributed by atoms with Crippen molar-refractivity contribution in [3.8, 4) is 0 Å². The maximum absolute atomic E-state index is 11.5. The summed E-state index contributed by atoms with van der Waals surface area (Å²) in [5.41, 5.74) is 1.13. The summed E-state index contributed by atoms with van der Waals surface area (Å²) in [6, 6.07) is 7.32. The Bertz CT molecular complexity index is 349. The Morgan fingerprint density at radius 2 is 1.83 bits per heavy atom. The molecule has 0 aliphatic carbocycles. The van der Waals surface area contributed by atoms with Crippen LogP contribution in [0.5, 0.6) is 0 Å². The van der Waals surface area contributed by atoms with Crippen LogP contribution in [0.2, 0.25) is 0 Å². The van der Waals surface area contributed by atoms with E-state index in [1.807, 2.05) is 19.1 Å². The number of hydrogen-bond acceptors (Lipinski definition) is 2. The Balaban J connectivity index is 3.14. The molecule has 0 aromatic heterocycles. The van der Waals surface area contributed by atoms with Crippen molar-refractivity contribution in [1.82, 2.24) is 0 Å². The van der Waals surface area contributed by atoms with Crippen molar-refractivity contribution in [2.24, 2.45) is 0 Å². The van der Waals surface area contributed by atoms with E-state index in [-0.39, 0.29) is 0 Å². The predicted octanol–water partition coefficient (Wildman–Crippen LogP) is 1.63. The van der Waals surface area contributed by atoms with Crippen LogP contribution in [0.1, 0.15) is 5.56 Å². The highest BCUT2D eigenvalue weighted by Gasteiger charge is 2.03. The molecule has 2 nitrogen and oxygen atoms in total. The van der Waals surface area contributed by atoms with Gasteiger partial charge in [-0.15, -0.1) is 0 Å². The van der Waals surface area contributed by atoms with Crippen molar-refractivity contribution >= 4 is 15.7 Å². The van der Waals surface area contributed by atoms with Gasteiger partial charge in [0.2, 0.25) is 0 Å². The number of aryl methyl sites for hydroxylation is 1. The van der Waals surface area contributed by atoms with Gasteiger partial charge >= 0.3 is 0 Å². The van der Waals surface area contributed by atoms with Gasteiger partial charge in [0, 0.05) is 0 Å². The standard InChI is InChI=1S/C9H12O2S/c1-8-4-6-9(7-5-8)12(3,10)11-2/h4-7H,3H2,1-2H3. The molecule has 0 heterocycles. The third kappa shape index (κ3) is 1.87. The normalized spacial score (nSPS) is 15.5. The van der Waals surface area contributed by atoms with E-state index < -0.39 is 9.80 Å². The first-order valence-corrected chi connectivity index (χ1v) is 5.21. The van der Waals surface area contributed by atoms with Crippen molar-refractivity contribution in [1.29, 1.82) is 0 Å². The molecule has 1 aromatic carbocycles. The van der Waals surface area contributed by atoms with Gasteiger partial charge in [-0.25, -0.2) is 4.21 Å². The van der Waals surface area contributed by atoms with Crippen molar-refractivity contribution < 1.29 is 8.39 Å². The molecule has 0 saturated heterocycles. The van der Waals surface area contributed by atoms with Crippen LogP contribution >= 0.6 is 0 Å². The zero-order valence-electron chi connectivity index (χ0n) is 7.24. The molecule has 0 spiro atoms. The second kappa shape index (κ2) is 3.29. The van der Waals surface area contributed by atoms with Crippen molar-refractivity contribution in [2.45, 2.75) is 11.8 Å². The van der Waals surface area contributed by atoms with E-state index in [0.717, 1.165) is 5.56 Å². The third-order valence-electron chi connectivity index (χ3n) is 1.65. The molecule has 12 heavy (non-hydrogen) atoms. The monoisotopic (exact) mass is 184 g/mol. The lowest BCUT2D eigenvalue weighted by atomic mass is 10.2. The minimum absolute atomic E-state index is 0.635. The molecule has 0 radical (unpaired) electrons. The molecule has 1 aromatic rings. The predicted molar refractivity (Wildman–Crippen MR) is 51.7 cm³/mol. The van der Waals surface area contributed by atoms with Gasteiger partial charge in [-0.3, -0.25) is 4.18 Å². The molecule has 66 valence electrons. The largest absolute Gasteiger partial charge is 0.298 e. The summed E-state index contributed by atoms with van der Waals surface area (Å²) in [6.07, 6.45) is 0. The summed E-state index contributed by atoms with van der Waals surface area (Å²) in [7, 11) is -1.12. The van der Waals surface area contributed by atoms with E-state index in [9.17, 15) is 4.21 Å². The number of hydrogen-bond donors (Lipinski definition) is 0. The topological polar surface area (TPSA) is 26.3 Å². The zero-order chi connectivity index (χ0) is 9.19. The molecule has 1 rings (SSSR count). The Hall–Kier alpha value is -0.800. The Kier molecular flexibility index (Phi) is 2.55. The summed E-state index contributed by atoms with van der Waals surface area (Å²) in [5.74, 6) is 3.49. The lowest BCUT2D eigenvalue weighted by Gasteiger charge is -2.05. The summed E-state index contributed by atoms with van der Waals surface area (Å²) in [6.45, 7) is 1.97. The molecule has 1 atom stereocenters. The molecule has 0 saturated carbocycles. The summed E-state index contributed by atoms with van der Waals surface area (Å²) in [4.78, 5) is 0.635. The van der Waals surface area contributed by atoms with Gasteiger partial charge in [0.15, 0.2) is 0 Å². The Labute approximate surface area is 73.4 Å². The molecule has 1 unspecified atom stereocenters.